The van der Waals surface area contributed by atoms with Crippen LogP contribution in [0.15, 0.2) is 12.1 Å². The molecule has 1 aromatic rings. The summed E-state index contributed by atoms with van der Waals surface area (Å²) in [6, 6.07) is 4.17. The Morgan fingerprint density at radius 2 is 1.83 bits per heavy atom. The van der Waals surface area contributed by atoms with Crippen LogP contribution in [0.5, 0.6) is 0 Å². The molecule has 0 aliphatic carbocycles. The number of aryl methyl sites for hydroxylation is 1. The number of hydrogen-bond acceptors (Lipinski definition) is 2. The summed E-state index contributed by atoms with van der Waals surface area (Å²) >= 11 is 2.36. The second-order valence-electron chi connectivity index (χ2n) is 6.35. The first-order chi connectivity index (χ1) is 8.04. The topological polar surface area (TPSA) is 35.2 Å². The summed E-state index contributed by atoms with van der Waals surface area (Å²) in [5.74, 6) is 0. The third kappa shape index (κ3) is 3.71. The van der Waals surface area contributed by atoms with E-state index in [0.717, 1.165) is 11.3 Å². The van der Waals surface area contributed by atoms with E-state index in [-0.39, 0.29) is 5.04 Å². The first kappa shape index (κ1) is 16.0. The third-order valence-electron chi connectivity index (χ3n) is 3.83. The predicted molar refractivity (Wildman–Crippen MR) is 90.3 cm³/mol. The summed E-state index contributed by atoms with van der Waals surface area (Å²) in [5.41, 5.74) is 9.15. The van der Waals surface area contributed by atoms with Gasteiger partial charge in [-0.15, -0.1) is 0 Å². The molecule has 1 rings (SSSR count). The summed E-state index contributed by atoms with van der Waals surface area (Å²) < 4.78 is 7.47. The van der Waals surface area contributed by atoms with Crippen molar-refractivity contribution in [2.75, 3.05) is 5.73 Å². The molecular formula is C14H24INOSi. The van der Waals surface area contributed by atoms with Crippen LogP contribution >= 0.6 is 22.6 Å². The Morgan fingerprint density at radius 3 is 2.33 bits per heavy atom. The summed E-state index contributed by atoms with van der Waals surface area (Å²) in [5, 5.41) is 0.245. The molecule has 0 saturated heterocycles. The lowest BCUT2D eigenvalue weighted by molar-refractivity contribution is 0.275. The summed E-state index contributed by atoms with van der Waals surface area (Å²) in [6.07, 6.45) is 0. The quantitative estimate of drug-likeness (QED) is 0.471. The van der Waals surface area contributed by atoms with Gasteiger partial charge < -0.3 is 10.2 Å². The first-order valence-corrected chi connectivity index (χ1v) is 10.2. The molecule has 18 heavy (non-hydrogen) atoms. The van der Waals surface area contributed by atoms with E-state index >= 15 is 0 Å². The van der Waals surface area contributed by atoms with Crippen molar-refractivity contribution in [3.05, 3.63) is 26.8 Å². The summed E-state index contributed by atoms with van der Waals surface area (Å²) in [4.78, 5) is 0. The minimum atomic E-state index is -1.69. The van der Waals surface area contributed by atoms with E-state index in [4.69, 9.17) is 10.2 Å². The molecule has 0 aliphatic heterocycles. The van der Waals surface area contributed by atoms with Crippen LogP contribution in [0, 0.1) is 10.5 Å². The number of nitrogens with two attached hydrogens (primary N) is 1. The Morgan fingerprint density at radius 1 is 1.28 bits per heavy atom. The molecule has 0 heterocycles. The van der Waals surface area contributed by atoms with Gasteiger partial charge in [-0.05, 0) is 70.9 Å². The fourth-order valence-electron chi connectivity index (χ4n) is 1.32. The molecular weight excluding hydrogens is 353 g/mol. The van der Waals surface area contributed by atoms with Gasteiger partial charge in [0.1, 0.15) is 0 Å². The van der Waals surface area contributed by atoms with E-state index < -0.39 is 8.32 Å². The Kier molecular flexibility index (Phi) is 4.89. The number of rotatable bonds is 3. The van der Waals surface area contributed by atoms with Crippen LogP contribution in [0.3, 0.4) is 0 Å². The van der Waals surface area contributed by atoms with Gasteiger partial charge in [0.05, 0.1) is 6.61 Å². The Balaban J connectivity index is 2.85. The molecule has 0 amide bonds. The van der Waals surface area contributed by atoms with Gasteiger partial charge in [-0.2, -0.15) is 0 Å². The van der Waals surface area contributed by atoms with Crippen LogP contribution in [-0.4, -0.2) is 8.32 Å². The molecule has 2 N–H and O–H groups in total. The largest absolute Gasteiger partial charge is 0.413 e. The van der Waals surface area contributed by atoms with Crippen LogP contribution in [-0.2, 0) is 11.0 Å². The number of nitrogen functional groups attached to an aromatic ring is 1. The van der Waals surface area contributed by atoms with Gasteiger partial charge in [0.25, 0.3) is 0 Å². The molecule has 4 heteroatoms. The Hall–Kier alpha value is -0.0731. The summed E-state index contributed by atoms with van der Waals surface area (Å²) in [6.45, 7) is 14.0. The minimum Gasteiger partial charge on any atom is -0.413 e. The van der Waals surface area contributed by atoms with Crippen LogP contribution in [0.4, 0.5) is 5.69 Å². The molecule has 0 fully saturated rings. The standard InChI is InChI=1S/C14H24INOSi/c1-10-7-12(15)11(8-13(10)16)9-17-18(5,6)14(2,3)4/h7-8H,9,16H2,1-6H3. The second kappa shape index (κ2) is 5.51. The molecule has 0 bridgehead atoms. The molecule has 0 unspecified atom stereocenters. The SMILES string of the molecule is Cc1cc(I)c(CO[Si](C)(C)C(C)(C)C)cc1N. The maximum absolute atomic E-state index is 6.23. The van der Waals surface area contributed by atoms with Crippen molar-refractivity contribution in [2.24, 2.45) is 0 Å². The smallest absolute Gasteiger partial charge is 0.192 e. The van der Waals surface area contributed by atoms with Crippen molar-refractivity contribution in [1.82, 2.24) is 0 Å². The normalized spacial score (nSPS) is 12.8. The van der Waals surface area contributed by atoms with Gasteiger partial charge in [-0.3, -0.25) is 0 Å². The molecule has 102 valence electrons. The molecule has 0 atom stereocenters. The van der Waals surface area contributed by atoms with Gasteiger partial charge in [-0.25, -0.2) is 0 Å². The van der Waals surface area contributed by atoms with E-state index in [0.29, 0.717) is 6.61 Å². The highest BCUT2D eigenvalue weighted by atomic mass is 127. The monoisotopic (exact) mass is 377 g/mol. The first-order valence-electron chi connectivity index (χ1n) is 6.23. The molecule has 0 aromatic heterocycles. The van der Waals surface area contributed by atoms with Crippen LogP contribution < -0.4 is 5.73 Å². The zero-order chi connectivity index (χ0) is 14.1. The van der Waals surface area contributed by atoms with Crippen LogP contribution in [0.2, 0.25) is 18.1 Å². The Labute approximate surface area is 126 Å². The number of hydrogen-bond donors (Lipinski definition) is 1. The number of benzene rings is 1. The molecule has 2 nitrogen and oxygen atoms in total. The third-order valence-corrected chi connectivity index (χ3v) is 9.31. The zero-order valence-electron chi connectivity index (χ0n) is 12.2. The molecule has 1 aromatic carbocycles. The highest BCUT2D eigenvalue weighted by Gasteiger charge is 2.37. The Bertz CT molecular complexity index is 438. The lowest BCUT2D eigenvalue weighted by atomic mass is 10.1. The van der Waals surface area contributed by atoms with Gasteiger partial charge in [0.2, 0.25) is 0 Å². The van der Waals surface area contributed by atoms with Crippen molar-refractivity contribution in [2.45, 2.75) is 52.4 Å². The molecule has 0 aliphatic rings. The van der Waals surface area contributed by atoms with Crippen molar-refractivity contribution >= 4 is 36.6 Å². The average Bonchev–Trinajstić information content (AvgIpc) is 2.20. The lowest BCUT2D eigenvalue weighted by Gasteiger charge is -2.36. The average molecular weight is 377 g/mol. The zero-order valence-corrected chi connectivity index (χ0v) is 15.4. The maximum Gasteiger partial charge on any atom is 0.192 e. The molecule has 0 radical (unpaired) electrons. The summed E-state index contributed by atoms with van der Waals surface area (Å²) in [7, 11) is -1.69. The van der Waals surface area contributed by atoms with Gasteiger partial charge in [0.15, 0.2) is 8.32 Å². The lowest BCUT2D eigenvalue weighted by Crippen LogP contribution is -2.40. The molecule has 0 spiro atoms. The number of halogens is 1. The maximum atomic E-state index is 6.23. The van der Waals surface area contributed by atoms with E-state index in [1.165, 1.54) is 9.13 Å². The fraction of sp³-hybridized carbons (Fsp3) is 0.571. The van der Waals surface area contributed by atoms with Crippen molar-refractivity contribution in [3.63, 3.8) is 0 Å². The van der Waals surface area contributed by atoms with Crippen molar-refractivity contribution < 1.29 is 4.43 Å². The fourth-order valence-corrected chi connectivity index (χ4v) is 3.05. The van der Waals surface area contributed by atoms with Crippen LogP contribution in [0.1, 0.15) is 31.9 Å². The highest BCUT2D eigenvalue weighted by molar-refractivity contribution is 14.1. The van der Waals surface area contributed by atoms with E-state index in [1.54, 1.807) is 0 Å². The second-order valence-corrected chi connectivity index (χ2v) is 12.3. The van der Waals surface area contributed by atoms with E-state index in [9.17, 15) is 0 Å². The van der Waals surface area contributed by atoms with Crippen molar-refractivity contribution in [1.29, 1.82) is 0 Å². The van der Waals surface area contributed by atoms with E-state index in [2.05, 4.69) is 62.5 Å². The van der Waals surface area contributed by atoms with Gasteiger partial charge >= 0.3 is 0 Å². The molecule has 0 saturated carbocycles. The number of anilines is 1. The highest BCUT2D eigenvalue weighted by Crippen LogP contribution is 2.37. The minimum absolute atomic E-state index is 0.245. The van der Waals surface area contributed by atoms with E-state index in [1.807, 2.05) is 13.0 Å². The van der Waals surface area contributed by atoms with Gasteiger partial charge in [-0.1, -0.05) is 20.8 Å². The van der Waals surface area contributed by atoms with Crippen molar-refractivity contribution in [3.8, 4) is 0 Å². The van der Waals surface area contributed by atoms with Crippen LogP contribution in [0.25, 0.3) is 0 Å². The van der Waals surface area contributed by atoms with Gasteiger partial charge in [0, 0.05) is 9.26 Å². The predicted octanol–water partition coefficient (Wildman–Crippen LogP) is 4.70.